The van der Waals surface area contributed by atoms with Crippen LogP contribution in [-0.4, -0.2) is 34.4 Å². The summed E-state index contributed by atoms with van der Waals surface area (Å²) in [5.41, 5.74) is 9.12. The van der Waals surface area contributed by atoms with Crippen LogP contribution in [0.25, 0.3) is 38.2 Å². The van der Waals surface area contributed by atoms with Crippen LogP contribution in [-0.2, 0) is 6.54 Å². The SMILES string of the molecule is C=C(C)/C(=C\C)n1c(Cn2nc(-c3cc(O)cc(F)c3)c3c(N)ncnc32)nc2scc(C)c2c1=O. The van der Waals surface area contributed by atoms with Gasteiger partial charge >= 0.3 is 0 Å². The van der Waals surface area contributed by atoms with Crippen molar-refractivity contribution < 1.29 is 9.50 Å². The fourth-order valence-electron chi connectivity index (χ4n) is 4.28. The number of rotatable bonds is 5. The second-order valence-corrected chi connectivity index (χ2v) is 9.24. The van der Waals surface area contributed by atoms with Gasteiger partial charge in [0.25, 0.3) is 5.56 Å². The Morgan fingerprint density at radius 2 is 2.06 bits per heavy atom. The Hall–Kier alpha value is -4.38. The summed E-state index contributed by atoms with van der Waals surface area (Å²) in [5.74, 6) is -0.316. The second kappa shape index (κ2) is 8.68. The largest absolute Gasteiger partial charge is 0.508 e. The van der Waals surface area contributed by atoms with Crippen molar-refractivity contribution in [2.75, 3.05) is 5.73 Å². The molecular formula is C25H22FN7O2S. The van der Waals surface area contributed by atoms with E-state index in [0.717, 1.165) is 11.6 Å². The van der Waals surface area contributed by atoms with Gasteiger partial charge < -0.3 is 10.8 Å². The number of hydrogen-bond donors (Lipinski definition) is 2. The first kappa shape index (κ1) is 23.4. The summed E-state index contributed by atoms with van der Waals surface area (Å²) in [5, 5.41) is 17.4. The number of phenols is 1. The van der Waals surface area contributed by atoms with Crippen LogP contribution in [0.15, 0.2) is 52.9 Å². The highest BCUT2D eigenvalue weighted by Gasteiger charge is 2.22. The minimum Gasteiger partial charge on any atom is -0.508 e. The Morgan fingerprint density at radius 3 is 2.75 bits per heavy atom. The van der Waals surface area contributed by atoms with E-state index >= 15 is 0 Å². The number of nitrogen functional groups attached to an aromatic ring is 1. The van der Waals surface area contributed by atoms with E-state index in [4.69, 9.17) is 10.7 Å². The van der Waals surface area contributed by atoms with Gasteiger partial charge in [-0.1, -0.05) is 12.7 Å². The predicted molar refractivity (Wildman–Crippen MR) is 139 cm³/mol. The highest BCUT2D eigenvalue weighted by molar-refractivity contribution is 7.16. The Labute approximate surface area is 208 Å². The van der Waals surface area contributed by atoms with E-state index in [1.54, 1.807) is 4.68 Å². The lowest BCUT2D eigenvalue weighted by Crippen LogP contribution is -2.26. The molecule has 5 rings (SSSR count). The van der Waals surface area contributed by atoms with Gasteiger partial charge in [-0.05, 0) is 49.4 Å². The maximum atomic E-state index is 14.1. The van der Waals surface area contributed by atoms with Crippen LogP contribution in [0.3, 0.4) is 0 Å². The third-order valence-electron chi connectivity index (χ3n) is 5.82. The van der Waals surface area contributed by atoms with Gasteiger partial charge in [-0.3, -0.25) is 9.36 Å². The van der Waals surface area contributed by atoms with Crippen LogP contribution in [0.4, 0.5) is 10.2 Å². The van der Waals surface area contributed by atoms with Gasteiger partial charge in [-0.2, -0.15) is 5.10 Å². The summed E-state index contributed by atoms with van der Waals surface area (Å²) in [6, 6.07) is 3.63. The summed E-state index contributed by atoms with van der Waals surface area (Å²) < 4.78 is 17.2. The number of aryl methyl sites for hydroxylation is 1. The van der Waals surface area contributed by atoms with Gasteiger partial charge in [-0.15, -0.1) is 11.3 Å². The number of halogens is 1. The van der Waals surface area contributed by atoms with Gasteiger partial charge in [0.05, 0.1) is 10.8 Å². The number of allylic oxidation sites excluding steroid dienone is 3. The number of aromatic nitrogens is 6. The molecule has 0 aliphatic rings. The first-order valence-corrected chi connectivity index (χ1v) is 11.9. The highest BCUT2D eigenvalue weighted by atomic mass is 32.1. The molecule has 4 aromatic heterocycles. The van der Waals surface area contributed by atoms with E-state index < -0.39 is 5.82 Å². The zero-order valence-electron chi connectivity index (χ0n) is 19.8. The van der Waals surface area contributed by atoms with Crippen LogP contribution in [0.5, 0.6) is 5.75 Å². The third-order valence-corrected chi connectivity index (χ3v) is 6.81. The first-order chi connectivity index (χ1) is 17.2. The van der Waals surface area contributed by atoms with Crippen molar-refractivity contribution in [3.63, 3.8) is 0 Å². The van der Waals surface area contributed by atoms with Crippen molar-refractivity contribution in [3.8, 4) is 17.0 Å². The molecule has 0 amide bonds. The zero-order chi connectivity index (χ0) is 25.7. The predicted octanol–water partition coefficient (Wildman–Crippen LogP) is 4.49. The Bertz CT molecular complexity index is 1760. The van der Waals surface area contributed by atoms with E-state index in [1.807, 2.05) is 32.2 Å². The summed E-state index contributed by atoms with van der Waals surface area (Å²) in [6.07, 6.45) is 3.12. The normalized spacial score (nSPS) is 12.1. The highest BCUT2D eigenvalue weighted by Crippen LogP contribution is 2.33. The van der Waals surface area contributed by atoms with E-state index in [9.17, 15) is 14.3 Å². The van der Waals surface area contributed by atoms with Gasteiger partial charge in [0.15, 0.2) is 5.65 Å². The van der Waals surface area contributed by atoms with Crippen molar-refractivity contribution >= 4 is 44.1 Å². The molecule has 3 N–H and O–H groups in total. The topological polar surface area (TPSA) is 125 Å². The minimum absolute atomic E-state index is 0.0565. The molecule has 0 radical (unpaired) electrons. The molecule has 0 saturated heterocycles. The number of benzene rings is 1. The van der Waals surface area contributed by atoms with Gasteiger partial charge in [0.2, 0.25) is 0 Å². The zero-order valence-corrected chi connectivity index (χ0v) is 20.6. The molecule has 0 unspecified atom stereocenters. The van der Waals surface area contributed by atoms with Crippen molar-refractivity contribution in [2.24, 2.45) is 0 Å². The Morgan fingerprint density at radius 1 is 1.28 bits per heavy atom. The van der Waals surface area contributed by atoms with Crippen molar-refractivity contribution in [1.82, 2.24) is 29.3 Å². The van der Waals surface area contributed by atoms with Crippen LogP contribution in [0.1, 0.15) is 25.2 Å². The average molecular weight is 504 g/mol. The van der Waals surface area contributed by atoms with E-state index in [-0.39, 0.29) is 23.7 Å². The van der Waals surface area contributed by atoms with Crippen LogP contribution in [0.2, 0.25) is 0 Å². The lowest BCUT2D eigenvalue weighted by molar-refractivity contribution is 0.469. The molecule has 0 aliphatic carbocycles. The number of nitrogens with zero attached hydrogens (tertiary/aromatic N) is 6. The van der Waals surface area contributed by atoms with E-state index in [2.05, 4.69) is 21.6 Å². The molecule has 0 saturated carbocycles. The van der Waals surface area contributed by atoms with Crippen molar-refractivity contribution in [3.05, 3.63) is 75.7 Å². The van der Waals surface area contributed by atoms with Crippen molar-refractivity contribution in [1.29, 1.82) is 0 Å². The van der Waals surface area contributed by atoms with E-state index in [0.29, 0.717) is 49.6 Å². The molecule has 0 aliphatic heterocycles. The molecule has 9 nitrogen and oxygen atoms in total. The maximum Gasteiger partial charge on any atom is 0.267 e. The third kappa shape index (κ3) is 3.73. The first-order valence-electron chi connectivity index (χ1n) is 11.0. The molecule has 0 bridgehead atoms. The van der Waals surface area contributed by atoms with E-state index in [1.165, 1.54) is 34.4 Å². The Kier molecular flexibility index (Phi) is 5.64. The molecule has 11 heteroatoms. The maximum absolute atomic E-state index is 14.1. The van der Waals surface area contributed by atoms with Gasteiger partial charge in [-0.25, -0.2) is 24.0 Å². The molecule has 0 spiro atoms. The van der Waals surface area contributed by atoms with Gasteiger partial charge in [0, 0.05) is 17.3 Å². The lowest BCUT2D eigenvalue weighted by atomic mass is 10.1. The van der Waals surface area contributed by atoms with Crippen molar-refractivity contribution in [2.45, 2.75) is 27.3 Å². The average Bonchev–Trinajstić information content (AvgIpc) is 3.37. The summed E-state index contributed by atoms with van der Waals surface area (Å²) in [7, 11) is 0. The molecule has 182 valence electrons. The number of nitrogens with two attached hydrogens (primary N) is 1. The quantitative estimate of drug-likeness (QED) is 0.339. The summed E-state index contributed by atoms with van der Waals surface area (Å²) in [6.45, 7) is 9.62. The fraction of sp³-hybridized carbons (Fsp3) is 0.160. The lowest BCUT2D eigenvalue weighted by Gasteiger charge is -2.16. The minimum atomic E-state index is -0.628. The van der Waals surface area contributed by atoms with Crippen LogP contribution in [0, 0.1) is 12.7 Å². The van der Waals surface area contributed by atoms with Crippen LogP contribution < -0.4 is 11.3 Å². The molecule has 0 atom stereocenters. The molecule has 1 aromatic carbocycles. The second-order valence-electron chi connectivity index (χ2n) is 8.38. The fourth-order valence-corrected chi connectivity index (χ4v) is 5.21. The number of hydrogen-bond acceptors (Lipinski definition) is 8. The number of aromatic hydroxyl groups is 1. The molecule has 4 heterocycles. The molecule has 36 heavy (non-hydrogen) atoms. The smallest absolute Gasteiger partial charge is 0.267 e. The summed E-state index contributed by atoms with van der Waals surface area (Å²) >= 11 is 1.39. The number of anilines is 1. The standard InChI is InChI=1S/C25H22FN7O2S/c1-5-17(12(2)3)33-18(30-24-19(25(33)35)13(4)10-36-24)9-32-23-20(22(27)28-11-29-23)21(31-32)14-6-15(26)8-16(34)7-14/h5-8,10-11,34H,2,9H2,1,3-4H3,(H2,27,28,29)/b17-5+. The van der Waals surface area contributed by atoms with Gasteiger partial charge in [0.1, 0.15) is 46.6 Å². The number of fused-ring (bicyclic) bond motifs is 2. The Balaban J connectivity index is 1.78. The number of phenolic OH excluding ortho intramolecular Hbond substituents is 1. The number of thiophene rings is 1. The monoisotopic (exact) mass is 503 g/mol. The van der Waals surface area contributed by atoms with Crippen LogP contribution >= 0.6 is 11.3 Å². The summed E-state index contributed by atoms with van der Waals surface area (Å²) in [4.78, 5) is 27.5. The molecule has 5 aromatic rings. The molecular weight excluding hydrogens is 481 g/mol. The molecule has 0 fully saturated rings.